The van der Waals surface area contributed by atoms with Gasteiger partial charge in [0.15, 0.2) is 5.96 Å². The summed E-state index contributed by atoms with van der Waals surface area (Å²) < 4.78 is 0.372. The van der Waals surface area contributed by atoms with Crippen molar-refractivity contribution in [2.24, 2.45) is 4.99 Å². The van der Waals surface area contributed by atoms with E-state index in [1.807, 2.05) is 18.4 Å². The molecule has 0 amide bonds. The smallest absolute Gasteiger partial charge is 0.191 e. The summed E-state index contributed by atoms with van der Waals surface area (Å²) in [5.41, 5.74) is 0. The summed E-state index contributed by atoms with van der Waals surface area (Å²) in [4.78, 5) is 5.74. The van der Waals surface area contributed by atoms with Gasteiger partial charge in [0.05, 0.1) is 0 Å². The molecule has 1 aromatic heterocycles. The van der Waals surface area contributed by atoms with E-state index in [0.717, 1.165) is 19.0 Å². The summed E-state index contributed by atoms with van der Waals surface area (Å²) in [6.45, 7) is 6.51. The Morgan fingerprint density at radius 2 is 2.29 bits per heavy atom. The van der Waals surface area contributed by atoms with Crippen molar-refractivity contribution in [2.75, 3.05) is 25.9 Å². The first-order chi connectivity index (χ1) is 9.63. The lowest BCUT2D eigenvalue weighted by molar-refractivity contribution is 0.582. The van der Waals surface area contributed by atoms with E-state index in [4.69, 9.17) is 0 Å². The molecule has 2 atom stereocenters. The molecule has 6 heteroatoms. The molecule has 120 valence electrons. The van der Waals surface area contributed by atoms with Gasteiger partial charge in [0.1, 0.15) is 0 Å². The summed E-state index contributed by atoms with van der Waals surface area (Å²) in [6, 6.07) is 4.31. The molecule has 0 aliphatic carbocycles. The number of nitrogens with one attached hydrogen (secondary N) is 2. The fourth-order valence-electron chi connectivity index (χ4n) is 2.39. The van der Waals surface area contributed by atoms with Crippen molar-refractivity contribution >= 4 is 53.0 Å². The van der Waals surface area contributed by atoms with Crippen LogP contribution in [0.3, 0.4) is 0 Å². The van der Waals surface area contributed by atoms with Gasteiger partial charge in [-0.1, -0.05) is 13.0 Å². The Kier molecular flexibility index (Phi) is 8.41. The molecular weight excluding hydrogens is 413 g/mol. The Bertz CT molecular complexity index is 428. The van der Waals surface area contributed by atoms with E-state index in [1.165, 1.54) is 23.5 Å². The zero-order valence-corrected chi connectivity index (χ0v) is 17.0. The van der Waals surface area contributed by atoms with Crippen molar-refractivity contribution in [3.63, 3.8) is 0 Å². The Hall–Kier alpha value is 0.0500. The Morgan fingerprint density at radius 3 is 2.86 bits per heavy atom. The van der Waals surface area contributed by atoms with Crippen molar-refractivity contribution in [2.45, 2.75) is 37.4 Å². The maximum Gasteiger partial charge on any atom is 0.191 e. The predicted octanol–water partition coefficient (Wildman–Crippen LogP) is 3.92. The second kappa shape index (κ2) is 9.25. The summed E-state index contributed by atoms with van der Waals surface area (Å²) in [5, 5.41) is 9.04. The Labute approximate surface area is 153 Å². The van der Waals surface area contributed by atoms with E-state index in [0.29, 0.717) is 10.7 Å². The van der Waals surface area contributed by atoms with Gasteiger partial charge in [0.2, 0.25) is 0 Å². The van der Waals surface area contributed by atoms with E-state index >= 15 is 0 Å². The third-order valence-corrected chi connectivity index (χ3v) is 6.40. The van der Waals surface area contributed by atoms with E-state index in [9.17, 15) is 0 Å². The topological polar surface area (TPSA) is 36.4 Å². The van der Waals surface area contributed by atoms with Crippen LogP contribution in [0.5, 0.6) is 0 Å². The van der Waals surface area contributed by atoms with Crippen LogP contribution in [0.25, 0.3) is 0 Å². The van der Waals surface area contributed by atoms with Crippen molar-refractivity contribution in [3.8, 4) is 0 Å². The number of halogens is 1. The number of thiophene rings is 1. The Balaban J connectivity index is 0.00000220. The Morgan fingerprint density at radius 1 is 1.48 bits per heavy atom. The largest absolute Gasteiger partial charge is 0.356 e. The molecule has 0 bridgehead atoms. The van der Waals surface area contributed by atoms with Gasteiger partial charge >= 0.3 is 0 Å². The molecule has 1 fully saturated rings. The fourth-order valence-corrected chi connectivity index (χ4v) is 4.42. The highest BCUT2D eigenvalue weighted by Crippen LogP contribution is 2.36. The highest BCUT2D eigenvalue weighted by Gasteiger charge is 2.29. The van der Waals surface area contributed by atoms with Gasteiger partial charge in [-0.25, -0.2) is 0 Å². The van der Waals surface area contributed by atoms with Crippen LogP contribution < -0.4 is 10.6 Å². The monoisotopic (exact) mass is 439 g/mol. The fraction of sp³-hybridized carbons (Fsp3) is 0.667. The van der Waals surface area contributed by atoms with Crippen molar-refractivity contribution < 1.29 is 0 Å². The molecular formula is C15H26IN3S2. The third kappa shape index (κ3) is 5.98. The predicted molar refractivity (Wildman–Crippen MR) is 108 cm³/mol. The molecule has 0 spiro atoms. The third-order valence-electron chi connectivity index (χ3n) is 3.76. The normalized spacial score (nSPS) is 23.5. The van der Waals surface area contributed by atoms with Gasteiger partial charge in [-0.05, 0) is 37.0 Å². The van der Waals surface area contributed by atoms with E-state index < -0.39 is 0 Å². The van der Waals surface area contributed by atoms with Crippen LogP contribution in [-0.2, 0) is 0 Å². The van der Waals surface area contributed by atoms with Crippen LogP contribution in [0.2, 0.25) is 0 Å². The molecule has 0 radical (unpaired) electrons. The zero-order chi connectivity index (χ0) is 14.4. The number of aliphatic imine (C=N–C) groups is 1. The van der Waals surface area contributed by atoms with Crippen molar-refractivity contribution in [3.05, 3.63) is 22.4 Å². The molecule has 21 heavy (non-hydrogen) atoms. The number of thioether (sulfide) groups is 1. The van der Waals surface area contributed by atoms with Gasteiger partial charge in [-0.15, -0.1) is 35.3 Å². The van der Waals surface area contributed by atoms with Crippen molar-refractivity contribution in [1.82, 2.24) is 10.6 Å². The number of guanidine groups is 1. The second-order valence-corrected chi connectivity index (χ2v) is 8.29. The van der Waals surface area contributed by atoms with Crippen LogP contribution >= 0.6 is 47.1 Å². The summed E-state index contributed by atoms with van der Waals surface area (Å²) in [5.74, 6) is 2.73. The lowest BCUT2D eigenvalue weighted by Crippen LogP contribution is -2.44. The van der Waals surface area contributed by atoms with Gasteiger partial charge in [0.25, 0.3) is 0 Å². The maximum absolute atomic E-state index is 4.32. The first-order valence-corrected chi connectivity index (χ1v) is 9.11. The molecule has 2 unspecified atom stereocenters. The minimum Gasteiger partial charge on any atom is -0.356 e. The zero-order valence-electron chi connectivity index (χ0n) is 13.0. The molecule has 0 aromatic carbocycles. The molecule has 3 nitrogen and oxygen atoms in total. The number of rotatable bonds is 5. The average molecular weight is 439 g/mol. The van der Waals surface area contributed by atoms with Crippen molar-refractivity contribution in [1.29, 1.82) is 0 Å². The maximum atomic E-state index is 4.32. The average Bonchev–Trinajstić information content (AvgIpc) is 3.10. The van der Waals surface area contributed by atoms with Gasteiger partial charge < -0.3 is 10.6 Å². The second-order valence-electron chi connectivity index (χ2n) is 5.63. The first kappa shape index (κ1) is 19.1. The van der Waals surface area contributed by atoms with Gasteiger partial charge in [-0.3, -0.25) is 4.99 Å². The van der Waals surface area contributed by atoms with Crippen LogP contribution in [0, 0.1) is 0 Å². The number of hydrogen-bond donors (Lipinski definition) is 2. The highest BCUT2D eigenvalue weighted by atomic mass is 127. The molecule has 1 saturated heterocycles. The molecule has 1 aliphatic rings. The van der Waals surface area contributed by atoms with E-state index in [1.54, 1.807) is 0 Å². The van der Waals surface area contributed by atoms with Crippen LogP contribution in [0.1, 0.15) is 37.5 Å². The van der Waals surface area contributed by atoms with Crippen LogP contribution in [0.15, 0.2) is 22.5 Å². The lowest BCUT2D eigenvalue weighted by Gasteiger charge is -2.24. The molecule has 2 N–H and O–H groups in total. The lowest BCUT2D eigenvalue weighted by atomic mass is 10.1. The summed E-state index contributed by atoms with van der Waals surface area (Å²) >= 11 is 3.90. The SMILES string of the molecule is CN=C(NCC(C)c1cccs1)NCC1(C)CCCS1.I. The molecule has 0 saturated carbocycles. The number of hydrogen-bond acceptors (Lipinski definition) is 3. The van der Waals surface area contributed by atoms with E-state index in [2.05, 4.69) is 58.7 Å². The quantitative estimate of drug-likeness (QED) is 0.415. The van der Waals surface area contributed by atoms with Gasteiger partial charge in [-0.2, -0.15) is 11.8 Å². The van der Waals surface area contributed by atoms with E-state index in [-0.39, 0.29) is 24.0 Å². The van der Waals surface area contributed by atoms with Crippen LogP contribution in [0.4, 0.5) is 0 Å². The first-order valence-electron chi connectivity index (χ1n) is 7.25. The highest BCUT2D eigenvalue weighted by molar-refractivity contribution is 14.0. The molecule has 2 heterocycles. The molecule has 2 rings (SSSR count). The minimum atomic E-state index is 0. The molecule has 1 aliphatic heterocycles. The summed E-state index contributed by atoms with van der Waals surface area (Å²) in [7, 11) is 1.84. The minimum absolute atomic E-state index is 0. The number of nitrogens with zero attached hydrogens (tertiary/aromatic N) is 1. The summed E-state index contributed by atoms with van der Waals surface area (Å²) in [6.07, 6.45) is 2.64. The van der Waals surface area contributed by atoms with Crippen LogP contribution in [-0.4, -0.2) is 36.6 Å². The van der Waals surface area contributed by atoms with Gasteiger partial charge in [0, 0.05) is 35.7 Å². The molecule has 1 aromatic rings. The standard InChI is InChI=1S/C15H25N3S2.HI/c1-12(13-6-4-8-19-13)10-17-14(16-3)18-11-15(2)7-5-9-20-15;/h4,6,8,12H,5,7,9-11H2,1-3H3,(H2,16,17,18);1H.